The zero-order chi connectivity index (χ0) is 27.3. The molecule has 3 aliphatic rings. The summed E-state index contributed by atoms with van der Waals surface area (Å²) >= 11 is 6.28. The van der Waals surface area contributed by atoms with Crippen LogP contribution in [0.2, 0.25) is 5.02 Å². The molecular formula is C29H23ClN2O7. The maximum absolute atomic E-state index is 13.7. The SMILES string of the molecule is O=C(CN(C(=O)c1ccccc1Cl)N1C(=O)C2C3CCC(C3)C2C1=O)c1ccc(OC(=O)c2ccco2)cc1. The van der Waals surface area contributed by atoms with E-state index in [0.717, 1.165) is 29.3 Å². The first-order chi connectivity index (χ1) is 18.8. The van der Waals surface area contributed by atoms with Gasteiger partial charge in [0.1, 0.15) is 12.3 Å². The third kappa shape index (κ3) is 4.32. The third-order valence-corrected chi connectivity index (χ3v) is 8.22. The van der Waals surface area contributed by atoms with Crippen LogP contribution < -0.4 is 4.74 Å². The summed E-state index contributed by atoms with van der Waals surface area (Å²) in [4.78, 5) is 66.2. The zero-order valence-corrected chi connectivity index (χ0v) is 21.4. The molecule has 2 bridgehead atoms. The number of carbonyl (C=O) groups excluding carboxylic acids is 5. The highest BCUT2D eigenvalue weighted by atomic mass is 35.5. The number of benzene rings is 2. The van der Waals surface area contributed by atoms with E-state index in [4.69, 9.17) is 20.8 Å². The van der Waals surface area contributed by atoms with E-state index in [2.05, 4.69) is 0 Å². The van der Waals surface area contributed by atoms with Gasteiger partial charge in [-0.05, 0) is 79.6 Å². The maximum Gasteiger partial charge on any atom is 0.379 e. The Balaban J connectivity index is 1.26. The number of ketones is 1. The molecule has 3 amide bonds. The van der Waals surface area contributed by atoms with Crippen LogP contribution >= 0.6 is 11.6 Å². The standard InChI is InChI=1S/C29H23ClN2O7/c30-21-5-2-1-4-20(21)26(34)31(32-27(35)24-17-7-8-18(14-17)25(24)28(32)36)15-22(33)16-9-11-19(12-10-16)39-29(37)23-6-3-13-38-23/h1-6,9-13,17-18,24-25H,7-8,14-15H2. The molecule has 2 heterocycles. The number of ether oxygens (including phenoxy) is 1. The zero-order valence-electron chi connectivity index (χ0n) is 20.6. The Bertz CT molecular complexity index is 1460. The number of halogens is 1. The molecule has 2 aromatic carbocycles. The number of fused-ring (bicyclic) bond motifs is 5. The molecule has 4 atom stereocenters. The second kappa shape index (κ2) is 9.81. The first-order valence-corrected chi connectivity index (χ1v) is 13.0. The second-order valence-corrected chi connectivity index (χ2v) is 10.4. The molecule has 0 spiro atoms. The number of nitrogens with zero attached hydrogens (tertiary/aromatic N) is 2. The first-order valence-electron chi connectivity index (χ1n) is 12.7. The first kappa shape index (κ1) is 25.1. The van der Waals surface area contributed by atoms with Gasteiger partial charge in [0.25, 0.3) is 17.7 Å². The van der Waals surface area contributed by atoms with Crippen LogP contribution in [0.15, 0.2) is 71.3 Å². The molecule has 0 radical (unpaired) electrons. The highest BCUT2D eigenvalue weighted by molar-refractivity contribution is 6.34. The van der Waals surface area contributed by atoms with Gasteiger partial charge in [-0.15, -0.1) is 0 Å². The van der Waals surface area contributed by atoms with Crippen LogP contribution in [-0.2, 0) is 9.59 Å². The summed E-state index contributed by atoms with van der Waals surface area (Å²) in [6.07, 6.45) is 3.95. The summed E-state index contributed by atoms with van der Waals surface area (Å²) in [6.45, 7) is -0.554. The van der Waals surface area contributed by atoms with Crippen molar-refractivity contribution in [1.29, 1.82) is 0 Å². The summed E-state index contributed by atoms with van der Waals surface area (Å²) in [5, 5.41) is 1.95. The number of amides is 3. The molecule has 3 aromatic rings. The van der Waals surface area contributed by atoms with Crippen molar-refractivity contribution in [2.75, 3.05) is 6.54 Å². The summed E-state index contributed by atoms with van der Waals surface area (Å²) in [5.74, 6) is -3.28. The van der Waals surface area contributed by atoms with E-state index >= 15 is 0 Å². The minimum Gasteiger partial charge on any atom is -0.457 e. The quantitative estimate of drug-likeness (QED) is 0.186. The number of hydrogen-bond donors (Lipinski definition) is 0. The van der Waals surface area contributed by atoms with Crippen LogP contribution in [0, 0.1) is 23.7 Å². The van der Waals surface area contributed by atoms with Gasteiger partial charge in [-0.2, -0.15) is 5.01 Å². The highest BCUT2D eigenvalue weighted by Crippen LogP contribution is 2.56. The number of carbonyl (C=O) groups is 5. The summed E-state index contributed by atoms with van der Waals surface area (Å²) < 4.78 is 10.3. The fourth-order valence-corrected chi connectivity index (χ4v) is 6.34. The molecule has 6 rings (SSSR count). The summed E-state index contributed by atoms with van der Waals surface area (Å²) in [7, 11) is 0. The Morgan fingerprint density at radius 1 is 0.923 bits per heavy atom. The van der Waals surface area contributed by atoms with Gasteiger partial charge in [0.2, 0.25) is 5.76 Å². The molecule has 10 heteroatoms. The van der Waals surface area contributed by atoms with Gasteiger partial charge >= 0.3 is 5.97 Å². The number of rotatable bonds is 7. The normalized spacial score (nSPS) is 23.2. The molecule has 2 saturated carbocycles. The molecule has 1 saturated heterocycles. The van der Waals surface area contributed by atoms with Gasteiger partial charge in [-0.3, -0.25) is 19.2 Å². The van der Waals surface area contributed by atoms with E-state index in [1.54, 1.807) is 18.2 Å². The van der Waals surface area contributed by atoms with Gasteiger partial charge < -0.3 is 9.15 Å². The average Bonchev–Trinajstić information content (AvgIpc) is 3.74. The molecule has 0 N–H and O–H groups in total. The Morgan fingerprint density at radius 3 is 2.21 bits per heavy atom. The smallest absolute Gasteiger partial charge is 0.379 e. The molecule has 39 heavy (non-hydrogen) atoms. The topological polar surface area (TPSA) is 114 Å². The monoisotopic (exact) mass is 546 g/mol. The number of imide groups is 1. The minimum absolute atomic E-state index is 0.0297. The Hall–Kier alpha value is -4.24. The van der Waals surface area contributed by atoms with Crippen molar-refractivity contribution in [1.82, 2.24) is 10.0 Å². The second-order valence-electron chi connectivity index (χ2n) is 10.0. The lowest BCUT2D eigenvalue weighted by Gasteiger charge is -2.31. The van der Waals surface area contributed by atoms with Gasteiger partial charge in [0.15, 0.2) is 5.78 Å². The van der Waals surface area contributed by atoms with Gasteiger partial charge in [0.05, 0.1) is 28.7 Å². The molecule has 3 fully saturated rings. The fraction of sp³-hybridized carbons (Fsp3) is 0.276. The number of hydrazine groups is 1. The van der Waals surface area contributed by atoms with Crippen molar-refractivity contribution in [3.63, 3.8) is 0 Å². The van der Waals surface area contributed by atoms with Crippen LogP contribution in [0.3, 0.4) is 0 Å². The third-order valence-electron chi connectivity index (χ3n) is 7.89. The van der Waals surface area contributed by atoms with Crippen molar-refractivity contribution in [3.8, 4) is 5.75 Å². The fourth-order valence-electron chi connectivity index (χ4n) is 6.13. The maximum atomic E-state index is 13.7. The highest BCUT2D eigenvalue weighted by Gasteiger charge is 2.62. The Kier molecular flexibility index (Phi) is 6.31. The Labute approximate surface area is 228 Å². The van der Waals surface area contributed by atoms with Crippen molar-refractivity contribution in [2.45, 2.75) is 19.3 Å². The number of furan rings is 1. The predicted octanol–water partition coefficient (Wildman–Crippen LogP) is 4.42. The molecule has 4 unspecified atom stereocenters. The summed E-state index contributed by atoms with van der Waals surface area (Å²) in [5.41, 5.74) is 0.275. The van der Waals surface area contributed by atoms with Crippen LogP contribution in [0.5, 0.6) is 5.75 Å². The van der Waals surface area contributed by atoms with Crippen molar-refractivity contribution in [3.05, 3.63) is 88.8 Å². The molecule has 9 nitrogen and oxygen atoms in total. The lowest BCUT2D eigenvalue weighted by molar-refractivity contribution is -0.155. The predicted molar refractivity (Wildman–Crippen MR) is 137 cm³/mol. The van der Waals surface area contributed by atoms with E-state index in [-0.39, 0.29) is 39.5 Å². The van der Waals surface area contributed by atoms with E-state index in [1.165, 1.54) is 48.7 Å². The van der Waals surface area contributed by atoms with Crippen LogP contribution in [-0.4, -0.2) is 46.0 Å². The molecule has 1 aromatic heterocycles. The minimum atomic E-state index is -0.716. The number of hydrogen-bond acceptors (Lipinski definition) is 7. The van der Waals surface area contributed by atoms with Crippen LogP contribution in [0.25, 0.3) is 0 Å². The Morgan fingerprint density at radius 2 is 1.59 bits per heavy atom. The lowest BCUT2D eigenvalue weighted by Crippen LogP contribution is -2.52. The van der Waals surface area contributed by atoms with Gasteiger partial charge in [-0.1, -0.05) is 23.7 Å². The van der Waals surface area contributed by atoms with Gasteiger partial charge in [-0.25, -0.2) is 9.80 Å². The molecule has 2 aliphatic carbocycles. The number of Topliss-reactive ketones (excluding diaryl/α,β-unsaturated/α-hetero) is 1. The molecular weight excluding hydrogens is 524 g/mol. The van der Waals surface area contributed by atoms with Gasteiger partial charge in [0, 0.05) is 5.56 Å². The number of esters is 1. The van der Waals surface area contributed by atoms with E-state index in [0.29, 0.717) is 0 Å². The van der Waals surface area contributed by atoms with E-state index in [1.807, 2.05) is 0 Å². The van der Waals surface area contributed by atoms with E-state index < -0.39 is 47.9 Å². The molecule has 1 aliphatic heterocycles. The largest absolute Gasteiger partial charge is 0.457 e. The van der Waals surface area contributed by atoms with Crippen molar-refractivity contribution >= 4 is 41.1 Å². The van der Waals surface area contributed by atoms with Crippen molar-refractivity contribution < 1.29 is 33.1 Å². The van der Waals surface area contributed by atoms with Crippen LogP contribution in [0.1, 0.15) is 50.5 Å². The van der Waals surface area contributed by atoms with E-state index in [9.17, 15) is 24.0 Å². The van der Waals surface area contributed by atoms with Crippen LogP contribution in [0.4, 0.5) is 0 Å². The molecule has 198 valence electrons. The lowest BCUT2D eigenvalue weighted by atomic mass is 9.81. The summed E-state index contributed by atoms with van der Waals surface area (Å²) in [6, 6.07) is 15.0. The van der Waals surface area contributed by atoms with Crippen molar-refractivity contribution in [2.24, 2.45) is 23.7 Å². The average molecular weight is 547 g/mol.